The number of carbonyl (C=O) groups is 1. The smallest absolute Gasteiger partial charge is 0.243 e. The van der Waals surface area contributed by atoms with Crippen LogP contribution >= 0.6 is 0 Å². The highest BCUT2D eigenvalue weighted by molar-refractivity contribution is 5.87. The molecule has 29 heavy (non-hydrogen) atoms. The van der Waals surface area contributed by atoms with Crippen molar-refractivity contribution in [1.29, 1.82) is 0 Å². The second kappa shape index (κ2) is 7.66. The summed E-state index contributed by atoms with van der Waals surface area (Å²) >= 11 is 0. The fourth-order valence-corrected chi connectivity index (χ4v) is 3.46. The minimum atomic E-state index is -0.0717. The predicted molar refractivity (Wildman–Crippen MR) is 119 cm³/mol. The highest BCUT2D eigenvalue weighted by Gasteiger charge is 2.44. The molecule has 154 valence electrons. The summed E-state index contributed by atoms with van der Waals surface area (Å²) in [5.74, 6) is 0.302. The number of amides is 1. The van der Waals surface area contributed by atoms with Crippen LogP contribution < -0.4 is 5.43 Å². The third-order valence-corrected chi connectivity index (χ3v) is 5.60. The van der Waals surface area contributed by atoms with Gasteiger partial charge in [0.05, 0.1) is 6.21 Å². The predicted octanol–water partition coefficient (Wildman–Crippen LogP) is 5.24. The molecule has 0 aromatic heterocycles. The Labute approximate surface area is 174 Å². The fourth-order valence-electron chi connectivity index (χ4n) is 3.46. The maximum Gasteiger partial charge on any atom is 0.243 e. The quantitative estimate of drug-likeness (QED) is 0.552. The van der Waals surface area contributed by atoms with Gasteiger partial charge in [0, 0.05) is 11.5 Å². The van der Waals surface area contributed by atoms with E-state index in [0.29, 0.717) is 5.56 Å². The van der Waals surface area contributed by atoms with Crippen molar-refractivity contribution in [2.75, 3.05) is 0 Å². The van der Waals surface area contributed by atoms with Crippen molar-refractivity contribution in [1.82, 2.24) is 5.43 Å². The second-order valence-electron chi connectivity index (χ2n) is 10.1. The lowest BCUT2D eigenvalue weighted by atomic mass is 9.86. The van der Waals surface area contributed by atoms with Gasteiger partial charge in [-0.2, -0.15) is 5.10 Å². The molecule has 1 amide bonds. The number of aromatic hydroxyl groups is 1. The van der Waals surface area contributed by atoms with Crippen LogP contribution in [0.25, 0.3) is 0 Å². The molecule has 0 saturated heterocycles. The molecule has 2 aromatic rings. The Balaban J connectivity index is 1.60. The number of phenolic OH excluding ortho intramolecular Hbond substituents is 1. The Morgan fingerprint density at radius 1 is 1.00 bits per heavy atom. The molecule has 4 nitrogen and oxygen atoms in total. The van der Waals surface area contributed by atoms with Gasteiger partial charge in [-0.3, -0.25) is 4.79 Å². The molecule has 2 atom stereocenters. The van der Waals surface area contributed by atoms with E-state index in [1.807, 2.05) is 12.1 Å². The molecule has 0 heterocycles. The van der Waals surface area contributed by atoms with E-state index in [9.17, 15) is 9.90 Å². The van der Waals surface area contributed by atoms with Crippen LogP contribution in [0.2, 0.25) is 0 Å². The van der Waals surface area contributed by atoms with Gasteiger partial charge in [0.25, 0.3) is 0 Å². The standard InChI is InChI=1S/C25H32N2O2/c1-24(2,3)18-9-7-16(8-10-18)20-14-21(20)23(29)27-26-15-17-13-19(25(4,5)6)11-12-22(17)28/h7-13,15,20-21,28H,14H2,1-6H3,(H,27,29)/b26-15+/t20-,21+/m1/s1. The summed E-state index contributed by atoms with van der Waals surface area (Å²) in [4.78, 5) is 12.4. The van der Waals surface area contributed by atoms with Gasteiger partial charge >= 0.3 is 0 Å². The maximum absolute atomic E-state index is 12.4. The molecule has 0 unspecified atom stereocenters. The van der Waals surface area contributed by atoms with Gasteiger partial charge in [-0.25, -0.2) is 5.43 Å². The molecule has 0 aliphatic heterocycles. The molecule has 2 aromatic carbocycles. The number of hydrogen-bond donors (Lipinski definition) is 2. The van der Waals surface area contributed by atoms with Gasteiger partial charge in [-0.15, -0.1) is 0 Å². The van der Waals surface area contributed by atoms with Crippen molar-refractivity contribution in [2.24, 2.45) is 11.0 Å². The summed E-state index contributed by atoms with van der Waals surface area (Å²) in [6, 6.07) is 14.1. The molecular formula is C25H32N2O2. The van der Waals surface area contributed by atoms with Crippen LogP contribution in [0.1, 0.15) is 76.1 Å². The van der Waals surface area contributed by atoms with E-state index in [-0.39, 0.29) is 34.3 Å². The number of nitrogens with one attached hydrogen (secondary N) is 1. The van der Waals surface area contributed by atoms with Gasteiger partial charge in [-0.1, -0.05) is 71.9 Å². The third-order valence-electron chi connectivity index (χ3n) is 5.60. The molecular weight excluding hydrogens is 360 g/mol. The van der Waals surface area contributed by atoms with Crippen molar-refractivity contribution in [2.45, 2.75) is 64.7 Å². The third kappa shape index (κ3) is 5.06. The second-order valence-corrected chi connectivity index (χ2v) is 10.1. The first-order valence-corrected chi connectivity index (χ1v) is 10.2. The van der Waals surface area contributed by atoms with Crippen molar-refractivity contribution in [3.8, 4) is 5.75 Å². The summed E-state index contributed by atoms with van der Waals surface area (Å²) in [6.07, 6.45) is 2.36. The summed E-state index contributed by atoms with van der Waals surface area (Å²) in [6.45, 7) is 12.9. The highest BCUT2D eigenvalue weighted by Crippen LogP contribution is 2.47. The first-order valence-electron chi connectivity index (χ1n) is 10.2. The number of hydrogen-bond acceptors (Lipinski definition) is 3. The van der Waals surface area contributed by atoms with Crippen LogP contribution in [0.15, 0.2) is 47.6 Å². The highest BCUT2D eigenvalue weighted by atomic mass is 16.3. The molecule has 2 N–H and O–H groups in total. The number of benzene rings is 2. The number of phenols is 1. The van der Waals surface area contributed by atoms with Crippen LogP contribution in [-0.2, 0) is 15.6 Å². The zero-order chi connectivity index (χ0) is 21.4. The first-order chi connectivity index (χ1) is 13.5. The summed E-state index contributed by atoms with van der Waals surface area (Å²) in [5.41, 5.74) is 6.94. The van der Waals surface area contributed by atoms with Gasteiger partial charge in [0.2, 0.25) is 5.91 Å². The normalized spacial score (nSPS) is 19.4. The van der Waals surface area contributed by atoms with Gasteiger partial charge in [0.1, 0.15) is 5.75 Å². The van der Waals surface area contributed by atoms with Crippen molar-refractivity contribution >= 4 is 12.1 Å². The minimum Gasteiger partial charge on any atom is -0.507 e. The molecule has 0 radical (unpaired) electrons. The number of hydrazone groups is 1. The minimum absolute atomic E-state index is 0.0245. The zero-order valence-corrected chi connectivity index (χ0v) is 18.3. The topological polar surface area (TPSA) is 61.7 Å². The molecule has 1 aliphatic rings. The van der Waals surface area contributed by atoms with E-state index in [4.69, 9.17) is 0 Å². The fraction of sp³-hybridized carbons (Fsp3) is 0.440. The van der Waals surface area contributed by atoms with Crippen molar-refractivity contribution < 1.29 is 9.90 Å². The van der Waals surface area contributed by atoms with Crippen molar-refractivity contribution in [3.63, 3.8) is 0 Å². The Morgan fingerprint density at radius 2 is 1.59 bits per heavy atom. The summed E-state index contributed by atoms with van der Waals surface area (Å²) < 4.78 is 0. The van der Waals surface area contributed by atoms with E-state index in [1.54, 1.807) is 6.07 Å². The van der Waals surface area contributed by atoms with E-state index in [0.717, 1.165) is 12.0 Å². The van der Waals surface area contributed by atoms with Crippen LogP contribution in [0.5, 0.6) is 5.75 Å². The van der Waals surface area contributed by atoms with Crippen LogP contribution in [-0.4, -0.2) is 17.2 Å². The maximum atomic E-state index is 12.4. The molecule has 0 spiro atoms. The Kier molecular flexibility index (Phi) is 5.57. The molecule has 1 saturated carbocycles. The van der Waals surface area contributed by atoms with Gasteiger partial charge in [0.15, 0.2) is 0 Å². The lowest BCUT2D eigenvalue weighted by Gasteiger charge is -2.19. The van der Waals surface area contributed by atoms with Crippen LogP contribution in [0, 0.1) is 5.92 Å². The van der Waals surface area contributed by atoms with E-state index in [1.165, 1.54) is 17.3 Å². The number of carbonyl (C=O) groups excluding carboxylic acids is 1. The summed E-state index contributed by atoms with van der Waals surface area (Å²) in [7, 11) is 0. The van der Waals surface area contributed by atoms with E-state index >= 15 is 0 Å². The molecule has 1 fully saturated rings. The average molecular weight is 393 g/mol. The molecule has 0 bridgehead atoms. The van der Waals surface area contributed by atoms with Crippen LogP contribution in [0.4, 0.5) is 0 Å². The number of nitrogens with zero attached hydrogens (tertiary/aromatic N) is 1. The largest absolute Gasteiger partial charge is 0.507 e. The summed E-state index contributed by atoms with van der Waals surface area (Å²) in [5, 5.41) is 14.1. The SMILES string of the molecule is CC(C)(C)c1ccc([C@H]2C[C@@H]2C(=O)N/N=C/c2cc(C(C)(C)C)ccc2O)cc1. The van der Waals surface area contributed by atoms with Crippen LogP contribution in [0.3, 0.4) is 0 Å². The number of rotatable bonds is 4. The van der Waals surface area contributed by atoms with E-state index in [2.05, 4.69) is 76.3 Å². The van der Waals surface area contributed by atoms with Gasteiger partial charge < -0.3 is 5.11 Å². The zero-order valence-electron chi connectivity index (χ0n) is 18.3. The Bertz CT molecular complexity index is 915. The molecule has 1 aliphatic carbocycles. The molecule has 3 rings (SSSR count). The Morgan fingerprint density at radius 3 is 2.17 bits per heavy atom. The lowest BCUT2D eigenvalue weighted by Crippen LogP contribution is -2.20. The first kappa shape index (κ1) is 21.1. The molecule has 4 heteroatoms. The monoisotopic (exact) mass is 392 g/mol. The average Bonchev–Trinajstić information content (AvgIpc) is 3.42. The van der Waals surface area contributed by atoms with Gasteiger partial charge in [-0.05, 0) is 52.0 Å². The Hall–Kier alpha value is -2.62. The lowest BCUT2D eigenvalue weighted by molar-refractivity contribution is -0.122. The van der Waals surface area contributed by atoms with E-state index < -0.39 is 0 Å². The van der Waals surface area contributed by atoms with Crippen molar-refractivity contribution in [3.05, 3.63) is 64.7 Å².